The van der Waals surface area contributed by atoms with Crippen molar-refractivity contribution in [2.75, 3.05) is 20.3 Å². The number of aromatic amines is 1. The highest BCUT2D eigenvalue weighted by Crippen LogP contribution is 2.47. The lowest BCUT2D eigenvalue weighted by molar-refractivity contribution is -0.119. The van der Waals surface area contributed by atoms with Crippen LogP contribution in [-0.2, 0) is 4.79 Å². The van der Waals surface area contributed by atoms with Crippen LogP contribution in [0, 0.1) is 11.3 Å². The Morgan fingerprint density at radius 2 is 1.97 bits per heavy atom. The number of ether oxygens (including phenoxy) is 4. The van der Waals surface area contributed by atoms with E-state index in [1.165, 1.54) is 7.11 Å². The molecule has 1 atom stereocenters. The first-order chi connectivity index (χ1) is 16.5. The summed E-state index contributed by atoms with van der Waals surface area (Å²) in [6, 6.07) is 14.8. The zero-order chi connectivity index (χ0) is 24.2. The largest absolute Gasteiger partial charge is 0.494 e. The lowest BCUT2D eigenvalue weighted by atomic mass is 9.83. The van der Waals surface area contributed by atoms with E-state index in [1.54, 1.807) is 18.2 Å². The van der Waals surface area contributed by atoms with Crippen LogP contribution < -0.4 is 30.4 Å². The number of nitrogens with zero attached hydrogens (tertiary/aromatic N) is 2. The van der Waals surface area contributed by atoms with E-state index in [9.17, 15) is 10.1 Å². The predicted molar refractivity (Wildman–Crippen MR) is 122 cm³/mol. The minimum absolute atomic E-state index is 0.0298. The van der Waals surface area contributed by atoms with Gasteiger partial charge in [0.15, 0.2) is 18.1 Å². The third kappa shape index (κ3) is 4.19. The zero-order valence-corrected chi connectivity index (χ0v) is 18.6. The number of hydrogen-bond acceptors (Lipinski definition) is 8. The molecule has 0 aliphatic carbocycles. The molecule has 0 spiro atoms. The molecule has 34 heavy (non-hydrogen) atoms. The monoisotopic (exact) mass is 461 g/mol. The number of H-pyrrole nitrogens is 1. The highest BCUT2D eigenvalue weighted by Gasteiger charge is 2.36. The number of rotatable bonds is 8. The number of allylic oxidation sites excluding steroid dienone is 1. The maximum Gasteiger partial charge on any atom is 0.255 e. The first kappa shape index (κ1) is 22.5. The molecule has 174 valence electrons. The van der Waals surface area contributed by atoms with E-state index in [4.69, 9.17) is 30.4 Å². The number of fused-ring (bicyclic) bond motifs is 1. The van der Waals surface area contributed by atoms with E-state index in [2.05, 4.69) is 16.3 Å². The standard InChI is InChI=1S/C24H23N5O5/c1-3-32-15-7-4-13(5-8-15)22-21-20(16(11-25)23(27)34-24(21)29-28-22)14-6-9-17(18(10-14)31-2)33-12-19(26)30/h4-10,20H,3,12,27H2,1-2H3,(H2,26,30)(H,28,29). The van der Waals surface area contributed by atoms with Gasteiger partial charge < -0.3 is 30.4 Å². The predicted octanol–water partition coefficient (Wildman–Crippen LogP) is 2.57. The Hall–Kier alpha value is -4.65. The zero-order valence-electron chi connectivity index (χ0n) is 18.6. The van der Waals surface area contributed by atoms with Crippen LogP contribution in [0.4, 0.5) is 0 Å². The number of methoxy groups -OCH3 is 1. The van der Waals surface area contributed by atoms with Gasteiger partial charge in [-0.25, -0.2) is 0 Å². The minimum Gasteiger partial charge on any atom is -0.494 e. The molecular formula is C24H23N5O5. The number of nitriles is 1. The van der Waals surface area contributed by atoms with Gasteiger partial charge in [-0.15, -0.1) is 5.10 Å². The third-order valence-corrected chi connectivity index (χ3v) is 5.28. The van der Waals surface area contributed by atoms with E-state index in [-0.39, 0.29) is 23.9 Å². The van der Waals surface area contributed by atoms with E-state index in [1.807, 2.05) is 31.2 Å². The summed E-state index contributed by atoms with van der Waals surface area (Å²) in [7, 11) is 1.48. The number of amides is 1. The Morgan fingerprint density at radius 3 is 2.62 bits per heavy atom. The number of hydrogen-bond donors (Lipinski definition) is 3. The molecule has 1 aliphatic heterocycles. The van der Waals surface area contributed by atoms with E-state index < -0.39 is 11.8 Å². The Kier molecular flexibility index (Phi) is 6.27. The SMILES string of the molecule is CCOc1ccc(-c2[nH]nc3c2C(c2ccc(OCC(N)=O)c(OC)c2)C(C#N)=C(N)O3)cc1. The molecule has 0 saturated heterocycles. The first-order valence-corrected chi connectivity index (χ1v) is 10.4. The smallest absolute Gasteiger partial charge is 0.255 e. The van der Waals surface area contributed by atoms with Gasteiger partial charge in [0.2, 0.25) is 11.8 Å². The minimum atomic E-state index is -0.610. The summed E-state index contributed by atoms with van der Waals surface area (Å²) in [5, 5.41) is 17.2. The van der Waals surface area contributed by atoms with E-state index in [0.717, 1.165) is 11.3 Å². The molecule has 0 saturated carbocycles. The second kappa shape index (κ2) is 9.46. The van der Waals surface area contributed by atoms with Crippen molar-refractivity contribution in [3.63, 3.8) is 0 Å². The van der Waals surface area contributed by atoms with E-state index >= 15 is 0 Å². The molecule has 4 rings (SSSR count). The maximum absolute atomic E-state index is 11.1. The fourth-order valence-corrected chi connectivity index (χ4v) is 3.81. The van der Waals surface area contributed by atoms with Crippen molar-refractivity contribution in [3.8, 4) is 40.5 Å². The molecule has 1 aliphatic rings. The normalized spacial score (nSPS) is 14.6. The maximum atomic E-state index is 11.1. The van der Waals surface area contributed by atoms with Crippen molar-refractivity contribution in [1.82, 2.24) is 10.2 Å². The van der Waals surface area contributed by atoms with Crippen LogP contribution in [0.15, 0.2) is 53.9 Å². The number of nitrogens with one attached hydrogen (secondary N) is 1. The Bertz CT molecular complexity index is 1290. The van der Waals surface area contributed by atoms with Gasteiger partial charge in [0.1, 0.15) is 17.4 Å². The summed E-state index contributed by atoms with van der Waals surface area (Å²) >= 11 is 0. The Balaban J connectivity index is 1.81. The van der Waals surface area contributed by atoms with Crippen LogP contribution in [0.1, 0.15) is 24.0 Å². The molecule has 1 aromatic heterocycles. The van der Waals surface area contributed by atoms with Crippen LogP contribution in [0.25, 0.3) is 11.3 Å². The first-order valence-electron chi connectivity index (χ1n) is 10.4. The fourth-order valence-electron chi connectivity index (χ4n) is 3.81. The lowest BCUT2D eigenvalue weighted by Crippen LogP contribution is -2.21. The molecule has 0 radical (unpaired) electrons. The second-order valence-electron chi connectivity index (χ2n) is 7.36. The van der Waals surface area contributed by atoms with Crippen LogP contribution in [0.5, 0.6) is 23.1 Å². The van der Waals surface area contributed by atoms with Gasteiger partial charge in [0.25, 0.3) is 5.91 Å². The number of primary amides is 1. The van der Waals surface area contributed by atoms with Crippen molar-refractivity contribution in [3.05, 3.63) is 65.0 Å². The molecule has 2 aromatic carbocycles. The van der Waals surface area contributed by atoms with Crippen LogP contribution >= 0.6 is 0 Å². The molecule has 10 nitrogen and oxygen atoms in total. The van der Waals surface area contributed by atoms with Crippen molar-refractivity contribution < 1.29 is 23.7 Å². The van der Waals surface area contributed by atoms with Gasteiger partial charge in [-0.05, 0) is 48.9 Å². The van der Waals surface area contributed by atoms with Crippen molar-refractivity contribution in [1.29, 1.82) is 5.26 Å². The van der Waals surface area contributed by atoms with Crippen LogP contribution in [-0.4, -0.2) is 36.4 Å². The third-order valence-electron chi connectivity index (χ3n) is 5.28. The number of benzene rings is 2. The summed E-state index contributed by atoms with van der Waals surface area (Å²) in [6.45, 7) is 2.18. The summed E-state index contributed by atoms with van der Waals surface area (Å²) in [4.78, 5) is 11.1. The molecule has 2 heterocycles. The number of aromatic nitrogens is 2. The van der Waals surface area contributed by atoms with Gasteiger partial charge in [0.05, 0.1) is 30.9 Å². The number of carbonyl (C=O) groups is 1. The van der Waals surface area contributed by atoms with Gasteiger partial charge in [0, 0.05) is 5.56 Å². The Labute approximate surface area is 195 Å². The quantitative estimate of drug-likeness (QED) is 0.462. The molecule has 0 bridgehead atoms. The van der Waals surface area contributed by atoms with Crippen molar-refractivity contribution in [2.24, 2.45) is 11.5 Å². The van der Waals surface area contributed by atoms with Gasteiger partial charge in [-0.2, -0.15) is 5.26 Å². The molecule has 3 aromatic rings. The fraction of sp³-hybridized carbons (Fsp3) is 0.208. The summed E-state index contributed by atoms with van der Waals surface area (Å²) in [5.74, 6) is 0.497. The molecular weight excluding hydrogens is 438 g/mol. The highest BCUT2D eigenvalue weighted by atomic mass is 16.5. The molecule has 1 amide bonds. The summed E-state index contributed by atoms with van der Waals surface area (Å²) < 4.78 is 22.1. The van der Waals surface area contributed by atoms with Gasteiger partial charge >= 0.3 is 0 Å². The summed E-state index contributed by atoms with van der Waals surface area (Å²) in [6.07, 6.45) is 0. The Morgan fingerprint density at radius 1 is 1.21 bits per heavy atom. The average molecular weight is 461 g/mol. The molecule has 0 fully saturated rings. The van der Waals surface area contributed by atoms with Gasteiger partial charge in [-0.1, -0.05) is 6.07 Å². The highest BCUT2D eigenvalue weighted by molar-refractivity contribution is 5.75. The number of carbonyl (C=O) groups excluding carboxylic acids is 1. The molecule has 5 N–H and O–H groups in total. The van der Waals surface area contributed by atoms with Crippen LogP contribution in [0.3, 0.4) is 0 Å². The lowest BCUT2D eigenvalue weighted by Gasteiger charge is -2.25. The topological polar surface area (TPSA) is 158 Å². The average Bonchev–Trinajstić information content (AvgIpc) is 3.25. The number of nitrogens with two attached hydrogens (primary N) is 2. The van der Waals surface area contributed by atoms with Crippen LogP contribution in [0.2, 0.25) is 0 Å². The van der Waals surface area contributed by atoms with Crippen molar-refractivity contribution in [2.45, 2.75) is 12.8 Å². The summed E-state index contributed by atoms with van der Waals surface area (Å²) in [5.41, 5.74) is 14.3. The molecule has 1 unspecified atom stereocenters. The van der Waals surface area contributed by atoms with Crippen molar-refractivity contribution >= 4 is 5.91 Å². The van der Waals surface area contributed by atoms with E-state index in [0.29, 0.717) is 34.9 Å². The molecule has 10 heteroatoms. The van der Waals surface area contributed by atoms with Gasteiger partial charge in [-0.3, -0.25) is 9.89 Å². The second-order valence-corrected chi connectivity index (χ2v) is 7.36.